The Morgan fingerprint density at radius 1 is 1.28 bits per heavy atom. The molecule has 0 heterocycles. The first kappa shape index (κ1) is 14.9. The first-order chi connectivity index (χ1) is 8.69. The summed E-state index contributed by atoms with van der Waals surface area (Å²) < 4.78 is 0. The van der Waals surface area contributed by atoms with Crippen LogP contribution in [0.2, 0.25) is 0 Å². The summed E-state index contributed by atoms with van der Waals surface area (Å²) in [5, 5.41) is 0. The molecule has 0 atom stereocenters. The van der Waals surface area contributed by atoms with Crippen molar-refractivity contribution in [2.75, 3.05) is 30.3 Å². The lowest BCUT2D eigenvalue weighted by Gasteiger charge is -2.18. The van der Waals surface area contributed by atoms with Crippen molar-refractivity contribution in [3.05, 3.63) is 29.8 Å². The zero-order chi connectivity index (χ0) is 13.4. The van der Waals surface area contributed by atoms with E-state index in [9.17, 15) is 4.79 Å². The van der Waals surface area contributed by atoms with Crippen molar-refractivity contribution in [2.24, 2.45) is 0 Å². The molecule has 3 nitrogen and oxygen atoms in total. The van der Waals surface area contributed by atoms with Crippen molar-refractivity contribution in [1.82, 2.24) is 4.90 Å². The number of hydrogen-bond acceptors (Lipinski definition) is 3. The number of thioether (sulfide) groups is 1. The van der Waals surface area contributed by atoms with Crippen molar-refractivity contribution in [2.45, 2.75) is 20.3 Å². The molecule has 1 aromatic carbocycles. The third kappa shape index (κ3) is 4.61. The van der Waals surface area contributed by atoms with Gasteiger partial charge in [0.25, 0.3) is 0 Å². The minimum absolute atomic E-state index is 0.228. The quantitative estimate of drug-likeness (QED) is 0.609. The maximum absolute atomic E-state index is 11.8. The van der Waals surface area contributed by atoms with Crippen molar-refractivity contribution in [3.8, 4) is 0 Å². The Kier molecular flexibility index (Phi) is 6.65. The van der Waals surface area contributed by atoms with E-state index in [1.165, 1.54) is 5.56 Å². The standard InChI is InChI=1S/C14H22N2OS/c1-3-16(4-2)14(17)11-18-10-9-12-7-5-6-8-13(12)15/h5-8H,3-4,9-11,15H2,1-2H3. The van der Waals surface area contributed by atoms with Crippen LogP contribution in [-0.4, -0.2) is 35.4 Å². The summed E-state index contributed by atoms with van der Waals surface area (Å²) in [6.07, 6.45) is 0.920. The minimum Gasteiger partial charge on any atom is -0.399 e. The van der Waals surface area contributed by atoms with Crippen LogP contribution >= 0.6 is 11.8 Å². The van der Waals surface area contributed by atoms with Crippen LogP contribution in [0.1, 0.15) is 19.4 Å². The summed E-state index contributed by atoms with van der Waals surface area (Å²) in [5.41, 5.74) is 7.88. The van der Waals surface area contributed by atoms with E-state index < -0.39 is 0 Å². The molecule has 0 unspecified atom stereocenters. The van der Waals surface area contributed by atoms with Gasteiger partial charge in [0.15, 0.2) is 0 Å². The number of carbonyl (C=O) groups excluding carboxylic acids is 1. The number of amides is 1. The highest BCUT2D eigenvalue weighted by Gasteiger charge is 2.08. The van der Waals surface area contributed by atoms with Gasteiger partial charge in [0.05, 0.1) is 5.75 Å². The van der Waals surface area contributed by atoms with Crippen LogP contribution in [-0.2, 0) is 11.2 Å². The monoisotopic (exact) mass is 266 g/mol. The summed E-state index contributed by atoms with van der Waals surface area (Å²) in [5.74, 6) is 1.72. The predicted octanol–water partition coefficient (Wildman–Crippen LogP) is 2.41. The highest BCUT2D eigenvalue weighted by molar-refractivity contribution is 7.99. The molecule has 0 spiro atoms. The number of nitrogens with two attached hydrogens (primary N) is 1. The van der Waals surface area contributed by atoms with Gasteiger partial charge < -0.3 is 10.6 Å². The largest absolute Gasteiger partial charge is 0.399 e. The Hall–Kier alpha value is -1.16. The van der Waals surface area contributed by atoms with Crippen molar-refractivity contribution < 1.29 is 4.79 Å². The first-order valence-corrected chi connectivity index (χ1v) is 7.53. The molecule has 1 aromatic rings. The van der Waals surface area contributed by atoms with Crippen LogP contribution in [0.3, 0.4) is 0 Å². The maximum atomic E-state index is 11.8. The molecule has 0 saturated carbocycles. The van der Waals surface area contributed by atoms with Crippen LogP contribution in [0.5, 0.6) is 0 Å². The number of nitrogens with zero attached hydrogens (tertiary/aromatic N) is 1. The molecule has 0 saturated heterocycles. The fourth-order valence-corrected chi connectivity index (χ4v) is 2.64. The smallest absolute Gasteiger partial charge is 0.232 e. The Morgan fingerprint density at radius 2 is 1.94 bits per heavy atom. The maximum Gasteiger partial charge on any atom is 0.232 e. The molecule has 0 radical (unpaired) electrons. The van der Waals surface area contributed by atoms with Gasteiger partial charge in [-0.15, -0.1) is 0 Å². The van der Waals surface area contributed by atoms with Gasteiger partial charge in [-0.05, 0) is 37.7 Å². The van der Waals surface area contributed by atoms with E-state index in [0.717, 1.165) is 31.0 Å². The number of carbonyl (C=O) groups is 1. The van der Waals surface area contributed by atoms with Crippen molar-refractivity contribution in [3.63, 3.8) is 0 Å². The third-order valence-corrected chi connectivity index (χ3v) is 3.86. The van der Waals surface area contributed by atoms with Crippen LogP contribution in [0.15, 0.2) is 24.3 Å². The van der Waals surface area contributed by atoms with Gasteiger partial charge in [-0.25, -0.2) is 0 Å². The molecule has 0 aliphatic rings. The van der Waals surface area contributed by atoms with E-state index in [1.54, 1.807) is 11.8 Å². The van der Waals surface area contributed by atoms with Crippen LogP contribution in [0.25, 0.3) is 0 Å². The summed E-state index contributed by atoms with van der Waals surface area (Å²) >= 11 is 1.68. The highest BCUT2D eigenvalue weighted by Crippen LogP contribution is 2.14. The van der Waals surface area contributed by atoms with Gasteiger partial charge in [-0.3, -0.25) is 4.79 Å². The van der Waals surface area contributed by atoms with E-state index in [2.05, 4.69) is 0 Å². The lowest BCUT2D eigenvalue weighted by Crippen LogP contribution is -2.32. The second-order valence-electron chi connectivity index (χ2n) is 4.07. The predicted molar refractivity (Wildman–Crippen MR) is 79.8 cm³/mol. The number of rotatable bonds is 7. The van der Waals surface area contributed by atoms with Crippen LogP contribution in [0, 0.1) is 0 Å². The zero-order valence-electron chi connectivity index (χ0n) is 11.2. The molecular formula is C14H22N2OS. The molecule has 4 heteroatoms. The van der Waals surface area contributed by atoms with Gasteiger partial charge in [0.2, 0.25) is 5.91 Å². The van der Waals surface area contributed by atoms with E-state index in [4.69, 9.17) is 5.73 Å². The highest BCUT2D eigenvalue weighted by atomic mass is 32.2. The van der Waals surface area contributed by atoms with Gasteiger partial charge in [-0.2, -0.15) is 11.8 Å². The van der Waals surface area contributed by atoms with E-state index >= 15 is 0 Å². The Bertz CT molecular complexity index is 378. The molecule has 1 rings (SSSR count). The summed E-state index contributed by atoms with van der Waals surface area (Å²) in [4.78, 5) is 13.6. The average Bonchev–Trinajstić information content (AvgIpc) is 2.38. The van der Waals surface area contributed by atoms with Gasteiger partial charge in [0.1, 0.15) is 0 Å². The lowest BCUT2D eigenvalue weighted by atomic mass is 10.1. The second-order valence-corrected chi connectivity index (χ2v) is 5.17. The van der Waals surface area contributed by atoms with Gasteiger partial charge in [0, 0.05) is 18.8 Å². The zero-order valence-corrected chi connectivity index (χ0v) is 12.0. The van der Waals surface area contributed by atoms with Gasteiger partial charge in [-0.1, -0.05) is 18.2 Å². The molecule has 18 heavy (non-hydrogen) atoms. The number of benzene rings is 1. The molecule has 0 fully saturated rings. The Balaban J connectivity index is 2.27. The number of nitrogen functional groups attached to an aromatic ring is 1. The second kappa shape index (κ2) is 8.03. The molecule has 0 bridgehead atoms. The van der Waals surface area contributed by atoms with Crippen LogP contribution < -0.4 is 5.73 Å². The number of aryl methyl sites for hydroxylation is 1. The Labute approximate surface area is 114 Å². The SMILES string of the molecule is CCN(CC)C(=O)CSCCc1ccccc1N. The average molecular weight is 266 g/mol. The normalized spacial score (nSPS) is 10.3. The fraction of sp³-hybridized carbons (Fsp3) is 0.500. The molecule has 0 aliphatic carbocycles. The van der Waals surface area contributed by atoms with Crippen LogP contribution in [0.4, 0.5) is 5.69 Å². The topological polar surface area (TPSA) is 46.3 Å². The summed E-state index contributed by atoms with van der Waals surface area (Å²) in [6.45, 7) is 5.61. The molecule has 1 amide bonds. The Morgan fingerprint density at radius 3 is 2.56 bits per heavy atom. The molecule has 0 aromatic heterocycles. The van der Waals surface area contributed by atoms with E-state index in [1.807, 2.05) is 43.0 Å². The van der Waals surface area contributed by atoms with E-state index in [-0.39, 0.29) is 5.91 Å². The number of hydrogen-bond donors (Lipinski definition) is 1. The van der Waals surface area contributed by atoms with Gasteiger partial charge >= 0.3 is 0 Å². The number of anilines is 1. The molecule has 2 N–H and O–H groups in total. The lowest BCUT2D eigenvalue weighted by molar-refractivity contribution is -0.127. The first-order valence-electron chi connectivity index (χ1n) is 6.37. The number of para-hydroxylation sites is 1. The van der Waals surface area contributed by atoms with Crippen molar-refractivity contribution >= 4 is 23.4 Å². The van der Waals surface area contributed by atoms with E-state index in [0.29, 0.717) is 5.75 Å². The summed E-state index contributed by atoms with van der Waals surface area (Å²) in [7, 11) is 0. The fourth-order valence-electron chi connectivity index (χ4n) is 1.77. The van der Waals surface area contributed by atoms with Crippen molar-refractivity contribution in [1.29, 1.82) is 0 Å². The molecular weight excluding hydrogens is 244 g/mol. The third-order valence-electron chi connectivity index (χ3n) is 2.91. The molecule has 0 aliphatic heterocycles. The molecule has 100 valence electrons. The minimum atomic E-state index is 0.228. The summed E-state index contributed by atoms with van der Waals surface area (Å²) in [6, 6.07) is 7.90.